The summed E-state index contributed by atoms with van der Waals surface area (Å²) in [6, 6.07) is 0. The summed E-state index contributed by atoms with van der Waals surface area (Å²) in [5, 5.41) is 6.18. The zero-order chi connectivity index (χ0) is 8.81. The number of nitrogens with zero attached hydrogens (tertiary/aromatic N) is 1. The van der Waals surface area contributed by atoms with Crippen molar-refractivity contribution in [2.24, 2.45) is 0 Å². The van der Waals surface area contributed by atoms with Gasteiger partial charge in [0.15, 0.2) is 0 Å². The Morgan fingerprint density at radius 1 is 1.83 bits per heavy atom. The van der Waals surface area contributed by atoms with E-state index in [1.165, 1.54) is 6.08 Å². The summed E-state index contributed by atoms with van der Waals surface area (Å²) in [5.41, 5.74) is 0.972. The van der Waals surface area contributed by atoms with Crippen LogP contribution in [0.3, 0.4) is 0 Å². The maximum atomic E-state index is 10.7. The molecule has 1 rings (SSSR count). The lowest BCUT2D eigenvalue weighted by atomic mass is 10.2. The Morgan fingerprint density at radius 2 is 2.67 bits per heavy atom. The fourth-order valence-corrected chi connectivity index (χ4v) is 0.752. The fraction of sp³-hybridized carbons (Fsp3) is 0.250. The van der Waals surface area contributed by atoms with Gasteiger partial charge in [-0.2, -0.15) is 0 Å². The van der Waals surface area contributed by atoms with Crippen molar-refractivity contribution in [3.05, 3.63) is 30.7 Å². The number of amides is 1. The van der Waals surface area contributed by atoms with Crippen molar-refractivity contribution in [3.63, 3.8) is 0 Å². The van der Waals surface area contributed by atoms with E-state index in [0.29, 0.717) is 6.54 Å². The lowest BCUT2D eigenvalue weighted by Gasteiger charge is -1.97. The monoisotopic (exact) mass is 166 g/mol. The van der Waals surface area contributed by atoms with Crippen molar-refractivity contribution in [2.45, 2.75) is 6.42 Å². The van der Waals surface area contributed by atoms with Crippen LogP contribution in [0, 0.1) is 0 Å². The van der Waals surface area contributed by atoms with Crippen molar-refractivity contribution in [3.8, 4) is 0 Å². The van der Waals surface area contributed by atoms with Crippen LogP contribution in [0.4, 0.5) is 0 Å². The summed E-state index contributed by atoms with van der Waals surface area (Å²) >= 11 is 0. The Morgan fingerprint density at radius 3 is 3.25 bits per heavy atom. The quantitative estimate of drug-likeness (QED) is 0.663. The number of hydrogen-bond donors (Lipinski definition) is 1. The molecule has 0 spiro atoms. The van der Waals surface area contributed by atoms with E-state index in [-0.39, 0.29) is 5.91 Å². The van der Waals surface area contributed by atoms with Crippen LogP contribution in [0.25, 0.3) is 0 Å². The smallest absolute Gasteiger partial charge is 0.243 e. The first-order chi connectivity index (χ1) is 5.83. The molecule has 0 aliphatic heterocycles. The van der Waals surface area contributed by atoms with Crippen LogP contribution in [0.5, 0.6) is 0 Å². The summed E-state index contributed by atoms with van der Waals surface area (Å²) < 4.78 is 4.62. The molecular weight excluding hydrogens is 156 g/mol. The van der Waals surface area contributed by atoms with Crippen molar-refractivity contribution >= 4 is 5.91 Å². The molecule has 1 heterocycles. The summed E-state index contributed by atoms with van der Waals surface area (Å²) in [6.45, 7) is 3.91. The second-order valence-corrected chi connectivity index (χ2v) is 2.28. The molecule has 64 valence electrons. The highest BCUT2D eigenvalue weighted by Crippen LogP contribution is 1.95. The third-order valence-corrected chi connectivity index (χ3v) is 1.38. The third-order valence-electron chi connectivity index (χ3n) is 1.38. The molecule has 0 radical (unpaired) electrons. The van der Waals surface area contributed by atoms with Gasteiger partial charge in [0, 0.05) is 12.1 Å². The molecule has 1 N–H and O–H groups in total. The van der Waals surface area contributed by atoms with E-state index in [0.717, 1.165) is 12.0 Å². The van der Waals surface area contributed by atoms with Crippen LogP contribution in [0.2, 0.25) is 0 Å². The van der Waals surface area contributed by atoms with E-state index in [1.807, 2.05) is 0 Å². The van der Waals surface area contributed by atoms with Crippen molar-refractivity contribution in [1.29, 1.82) is 0 Å². The fourth-order valence-electron chi connectivity index (χ4n) is 0.752. The molecule has 1 aromatic rings. The summed E-state index contributed by atoms with van der Waals surface area (Å²) in [4.78, 5) is 10.7. The second-order valence-electron chi connectivity index (χ2n) is 2.28. The van der Waals surface area contributed by atoms with Gasteiger partial charge in [0.1, 0.15) is 6.26 Å². The highest BCUT2D eigenvalue weighted by atomic mass is 16.5. The van der Waals surface area contributed by atoms with Gasteiger partial charge in [-0.3, -0.25) is 4.79 Å². The zero-order valence-corrected chi connectivity index (χ0v) is 6.62. The zero-order valence-electron chi connectivity index (χ0n) is 6.62. The van der Waals surface area contributed by atoms with Gasteiger partial charge in [-0.25, -0.2) is 0 Å². The maximum Gasteiger partial charge on any atom is 0.243 e. The first-order valence-corrected chi connectivity index (χ1v) is 3.61. The van der Waals surface area contributed by atoms with E-state index < -0.39 is 0 Å². The maximum absolute atomic E-state index is 10.7. The highest BCUT2D eigenvalue weighted by Gasteiger charge is 1.96. The average Bonchev–Trinajstić information content (AvgIpc) is 2.57. The molecule has 0 fully saturated rings. The Labute approximate surface area is 70.2 Å². The van der Waals surface area contributed by atoms with Gasteiger partial charge in [-0.15, -0.1) is 0 Å². The van der Waals surface area contributed by atoms with Gasteiger partial charge in [0.05, 0.1) is 6.20 Å². The minimum absolute atomic E-state index is 0.161. The van der Waals surface area contributed by atoms with Gasteiger partial charge >= 0.3 is 0 Å². The van der Waals surface area contributed by atoms with Gasteiger partial charge in [0.2, 0.25) is 5.91 Å². The van der Waals surface area contributed by atoms with Gasteiger partial charge in [-0.1, -0.05) is 11.7 Å². The van der Waals surface area contributed by atoms with Crippen LogP contribution in [0.1, 0.15) is 5.56 Å². The predicted octanol–water partition coefficient (Wildman–Crippen LogP) is 0.519. The van der Waals surface area contributed by atoms with Crippen LogP contribution in [-0.4, -0.2) is 17.6 Å². The molecule has 0 saturated carbocycles. The van der Waals surface area contributed by atoms with E-state index in [9.17, 15) is 4.79 Å². The highest BCUT2D eigenvalue weighted by molar-refractivity contribution is 5.86. The molecule has 12 heavy (non-hydrogen) atoms. The normalized spacial score (nSPS) is 9.33. The van der Waals surface area contributed by atoms with Crippen molar-refractivity contribution < 1.29 is 9.32 Å². The number of hydrogen-bond acceptors (Lipinski definition) is 3. The third kappa shape index (κ3) is 2.57. The summed E-state index contributed by atoms with van der Waals surface area (Å²) in [6.07, 6.45) is 5.15. The Hall–Kier alpha value is -1.58. The Balaban J connectivity index is 2.19. The molecule has 1 amide bonds. The summed E-state index contributed by atoms with van der Waals surface area (Å²) in [5.74, 6) is -0.161. The molecule has 0 aliphatic rings. The second kappa shape index (κ2) is 4.33. The topological polar surface area (TPSA) is 55.1 Å². The largest absolute Gasteiger partial charge is 0.364 e. The first kappa shape index (κ1) is 8.52. The number of aromatic nitrogens is 1. The molecule has 0 atom stereocenters. The van der Waals surface area contributed by atoms with Gasteiger partial charge in [0.25, 0.3) is 0 Å². The van der Waals surface area contributed by atoms with Crippen LogP contribution >= 0.6 is 0 Å². The van der Waals surface area contributed by atoms with Crippen molar-refractivity contribution in [2.75, 3.05) is 6.54 Å². The minimum atomic E-state index is -0.161. The Bertz CT molecular complexity index is 254. The molecular formula is C8H10N2O2. The molecule has 0 bridgehead atoms. The van der Waals surface area contributed by atoms with Crippen molar-refractivity contribution in [1.82, 2.24) is 10.5 Å². The van der Waals surface area contributed by atoms with E-state index in [2.05, 4.69) is 21.6 Å². The van der Waals surface area contributed by atoms with Crippen LogP contribution < -0.4 is 5.32 Å². The van der Waals surface area contributed by atoms with Gasteiger partial charge < -0.3 is 9.84 Å². The molecule has 0 saturated heterocycles. The number of rotatable bonds is 4. The molecule has 1 aromatic heterocycles. The molecule has 4 nitrogen and oxygen atoms in total. The Kier molecular flexibility index (Phi) is 3.07. The lowest BCUT2D eigenvalue weighted by molar-refractivity contribution is -0.116. The number of carbonyl (C=O) groups excluding carboxylic acids is 1. The molecule has 0 aromatic carbocycles. The van der Waals surface area contributed by atoms with Crippen LogP contribution in [-0.2, 0) is 11.2 Å². The lowest BCUT2D eigenvalue weighted by Crippen LogP contribution is -2.23. The summed E-state index contributed by atoms with van der Waals surface area (Å²) in [7, 11) is 0. The van der Waals surface area contributed by atoms with E-state index in [4.69, 9.17) is 0 Å². The average molecular weight is 166 g/mol. The first-order valence-electron chi connectivity index (χ1n) is 3.61. The SMILES string of the molecule is C=CC(=O)NCCc1cnoc1. The number of carbonyl (C=O) groups is 1. The standard InChI is InChI=1S/C8H10N2O2/c1-2-8(11)9-4-3-7-5-10-12-6-7/h2,5-6H,1,3-4H2,(H,9,11). The van der Waals surface area contributed by atoms with E-state index in [1.54, 1.807) is 12.5 Å². The predicted molar refractivity (Wildman–Crippen MR) is 43.4 cm³/mol. The number of nitrogens with one attached hydrogen (secondary N) is 1. The molecule has 0 aliphatic carbocycles. The van der Waals surface area contributed by atoms with Gasteiger partial charge in [-0.05, 0) is 12.5 Å². The molecule has 4 heteroatoms. The van der Waals surface area contributed by atoms with E-state index >= 15 is 0 Å². The molecule has 0 unspecified atom stereocenters. The van der Waals surface area contributed by atoms with Crippen LogP contribution in [0.15, 0.2) is 29.6 Å². The minimum Gasteiger partial charge on any atom is -0.364 e.